The van der Waals surface area contributed by atoms with Crippen LogP contribution in [0.4, 0.5) is 4.39 Å². The number of rotatable bonds is 1. The zero-order valence-corrected chi connectivity index (χ0v) is 6.54. The summed E-state index contributed by atoms with van der Waals surface area (Å²) >= 11 is 0. The van der Waals surface area contributed by atoms with Gasteiger partial charge < -0.3 is 10.1 Å². The minimum Gasteiger partial charge on any atom is -0.476 e. The minimum absolute atomic E-state index is 0.305. The second-order valence-electron chi connectivity index (χ2n) is 2.66. The summed E-state index contributed by atoms with van der Waals surface area (Å²) in [4.78, 5) is 13.0. The first kappa shape index (κ1) is 7.79. The molecule has 0 saturated heterocycles. The summed E-state index contributed by atoms with van der Waals surface area (Å²) < 4.78 is 13.3. The molecule has 0 atom stereocenters. The highest BCUT2D eigenvalue weighted by Gasteiger charge is 2.15. The molecule has 0 bridgehead atoms. The van der Waals surface area contributed by atoms with Gasteiger partial charge in [-0.15, -0.1) is 0 Å². The lowest BCUT2D eigenvalue weighted by molar-refractivity contribution is 0.0686. The summed E-state index contributed by atoms with van der Waals surface area (Å²) in [6, 6.07) is 6.53. The number of para-hydroxylation sites is 1. The lowest BCUT2D eigenvalue weighted by atomic mass is 10.2. The zero-order valence-electron chi connectivity index (χ0n) is 6.54. The number of aromatic carboxylic acids is 1. The number of aromatic amines is 1. The van der Waals surface area contributed by atoms with Gasteiger partial charge in [0, 0.05) is 10.9 Å². The highest BCUT2D eigenvalue weighted by atomic mass is 19.1. The van der Waals surface area contributed by atoms with Crippen LogP contribution in [0.15, 0.2) is 24.3 Å². The van der Waals surface area contributed by atoms with Crippen molar-refractivity contribution >= 4 is 16.9 Å². The van der Waals surface area contributed by atoms with E-state index in [-0.39, 0.29) is 5.69 Å². The highest BCUT2D eigenvalue weighted by Crippen LogP contribution is 2.19. The maximum atomic E-state index is 13.3. The third-order valence-corrected chi connectivity index (χ3v) is 1.86. The van der Waals surface area contributed by atoms with Crippen LogP contribution >= 0.6 is 0 Å². The predicted molar refractivity (Wildman–Crippen MR) is 45.2 cm³/mol. The van der Waals surface area contributed by atoms with E-state index in [9.17, 15) is 9.18 Å². The second kappa shape index (κ2) is 2.58. The normalized spacial score (nSPS) is 10.5. The van der Waals surface area contributed by atoms with Gasteiger partial charge in [-0.25, -0.2) is 9.18 Å². The number of carbonyl (C=O) groups is 1. The average molecular weight is 179 g/mol. The molecule has 2 rings (SSSR count). The molecule has 0 fully saturated rings. The van der Waals surface area contributed by atoms with Gasteiger partial charge in [0.2, 0.25) is 0 Å². The summed E-state index contributed by atoms with van der Waals surface area (Å²) in [5.41, 5.74) is 0.110. The van der Waals surface area contributed by atoms with Crippen LogP contribution in [0.3, 0.4) is 0 Å². The van der Waals surface area contributed by atoms with Gasteiger partial charge in [-0.3, -0.25) is 0 Å². The first-order chi connectivity index (χ1) is 6.20. The molecule has 0 saturated carbocycles. The Hall–Kier alpha value is -1.84. The second-order valence-corrected chi connectivity index (χ2v) is 2.66. The third kappa shape index (κ3) is 1.07. The first-order valence-corrected chi connectivity index (χ1v) is 3.69. The van der Waals surface area contributed by atoms with Crippen molar-refractivity contribution in [1.29, 1.82) is 0 Å². The maximum absolute atomic E-state index is 13.3. The van der Waals surface area contributed by atoms with Gasteiger partial charge in [-0.05, 0) is 12.1 Å². The Bertz CT molecular complexity index is 475. The molecule has 0 radical (unpaired) electrons. The molecule has 0 aliphatic carbocycles. The minimum atomic E-state index is -1.28. The van der Waals surface area contributed by atoms with Crippen LogP contribution in [0, 0.1) is 5.82 Å². The van der Waals surface area contributed by atoms with E-state index >= 15 is 0 Å². The molecule has 2 aromatic rings. The van der Waals surface area contributed by atoms with E-state index in [1.807, 2.05) is 0 Å². The van der Waals surface area contributed by atoms with Crippen molar-refractivity contribution in [3.05, 3.63) is 35.8 Å². The number of nitrogens with one attached hydrogen (secondary N) is 1. The number of hydrogen-bond acceptors (Lipinski definition) is 1. The molecule has 0 aliphatic heterocycles. The van der Waals surface area contributed by atoms with E-state index in [1.165, 1.54) is 6.07 Å². The fourth-order valence-electron chi connectivity index (χ4n) is 1.26. The fraction of sp³-hybridized carbons (Fsp3) is 0. The molecule has 1 heterocycles. The largest absolute Gasteiger partial charge is 0.476 e. The van der Waals surface area contributed by atoms with Crippen LogP contribution in [0.1, 0.15) is 10.5 Å². The SMILES string of the molecule is O=C(O)c1[nH]c2ccccc2c1F. The lowest BCUT2D eigenvalue weighted by Crippen LogP contribution is -1.98. The maximum Gasteiger partial charge on any atom is 0.355 e. The van der Waals surface area contributed by atoms with E-state index in [0.717, 1.165) is 0 Å². The summed E-state index contributed by atoms with van der Waals surface area (Å²) in [5, 5.41) is 8.90. The van der Waals surface area contributed by atoms with Gasteiger partial charge in [-0.2, -0.15) is 0 Å². The Labute approximate surface area is 72.8 Å². The number of H-pyrrole nitrogens is 1. The number of benzene rings is 1. The number of halogens is 1. The predicted octanol–water partition coefficient (Wildman–Crippen LogP) is 2.01. The van der Waals surface area contributed by atoms with E-state index in [4.69, 9.17) is 5.11 Å². The van der Waals surface area contributed by atoms with Gasteiger partial charge in [-0.1, -0.05) is 12.1 Å². The van der Waals surface area contributed by atoms with Crippen molar-refractivity contribution in [2.24, 2.45) is 0 Å². The molecule has 2 N–H and O–H groups in total. The molecule has 0 spiro atoms. The van der Waals surface area contributed by atoms with Crippen LogP contribution in [-0.4, -0.2) is 16.1 Å². The van der Waals surface area contributed by atoms with Crippen molar-refractivity contribution < 1.29 is 14.3 Å². The van der Waals surface area contributed by atoms with Crippen molar-refractivity contribution in [3.8, 4) is 0 Å². The van der Waals surface area contributed by atoms with Gasteiger partial charge >= 0.3 is 5.97 Å². The number of fused-ring (bicyclic) bond motifs is 1. The van der Waals surface area contributed by atoms with Crippen molar-refractivity contribution in [3.63, 3.8) is 0 Å². The number of carboxylic acid groups (broad SMARTS) is 1. The van der Waals surface area contributed by atoms with E-state index in [1.54, 1.807) is 18.2 Å². The van der Waals surface area contributed by atoms with E-state index in [2.05, 4.69) is 4.98 Å². The molecule has 1 aromatic carbocycles. The van der Waals surface area contributed by atoms with Crippen LogP contribution < -0.4 is 0 Å². The molecule has 1 aromatic heterocycles. The first-order valence-electron chi connectivity index (χ1n) is 3.69. The molecular weight excluding hydrogens is 173 g/mol. The van der Waals surface area contributed by atoms with Crippen molar-refractivity contribution in [1.82, 2.24) is 4.98 Å². The fourth-order valence-corrected chi connectivity index (χ4v) is 1.26. The molecule has 66 valence electrons. The Morgan fingerprint density at radius 2 is 2.08 bits per heavy atom. The van der Waals surface area contributed by atoms with Crippen molar-refractivity contribution in [2.75, 3.05) is 0 Å². The summed E-state index contributed by atoms with van der Waals surface area (Å²) in [6.45, 7) is 0. The topological polar surface area (TPSA) is 53.1 Å². The number of carboxylic acids is 1. The van der Waals surface area contributed by atoms with Crippen LogP contribution in [0.25, 0.3) is 10.9 Å². The van der Waals surface area contributed by atoms with E-state index < -0.39 is 11.8 Å². The average Bonchev–Trinajstić information content (AvgIpc) is 2.45. The van der Waals surface area contributed by atoms with Crippen LogP contribution in [0.2, 0.25) is 0 Å². The van der Waals surface area contributed by atoms with Gasteiger partial charge in [0.25, 0.3) is 0 Å². The zero-order chi connectivity index (χ0) is 9.42. The molecule has 4 heteroatoms. The molecule has 13 heavy (non-hydrogen) atoms. The monoisotopic (exact) mass is 179 g/mol. The summed E-state index contributed by atoms with van der Waals surface area (Å²) in [6.07, 6.45) is 0. The standard InChI is InChI=1S/C9H6FNO2/c10-7-5-3-1-2-4-6(5)11-8(7)9(12)13/h1-4,11H,(H,12,13). The Morgan fingerprint density at radius 3 is 2.69 bits per heavy atom. The lowest BCUT2D eigenvalue weighted by Gasteiger charge is -1.85. The number of hydrogen-bond donors (Lipinski definition) is 2. The summed E-state index contributed by atoms with van der Waals surface area (Å²) in [5.74, 6) is -1.99. The molecule has 3 nitrogen and oxygen atoms in total. The smallest absolute Gasteiger partial charge is 0.355 e. The Morgan fingerprint density at radius 1 is 1.38 bits per heavy atom. The Kier molecular flexibility index (Phi) is 1.55. The molecule has 0 amide bonds. The third-order valence-electron chi connectivity index (χ3n) is 1.86. The van der Waals surface area contributed by atoms with Crippen molar-refractivity contribution in [2.45, 2.75) is 0 Å². The Balaban J connectivity index is 2.81. The van der Waals surface area contributed by atoms with Gasteiger partial charge in [0.15, 0.2) is 11.5 Å². The van der Waals surface area contributed by atoms with Gasteiger partial charge in [0.05, 0.1) is 0 Å². The number of aromatic nitrogens is 1. The van der Waals surface area contributed by atoms with Crippen LogP contribution in [0.5, 0.6) is 0 Å². The van der Waals surface area contributed by atoms with Crippen LogP contribution in [-0.2, 0) is 0 Å². The summed E-state index contributed by atoms with van der Waals surface area (Å²) in [7, 11) is 0. The quantitative estimate of drug-likeness (QED) is 0.703. The highest BCUT2D eigenvalue weighted by molar-refractivity contribution is 5.94. The molecule has 0 unspecified atom stereocenters. The van der Waals surface area contributed by atoms with Gasteiger partial charge in [0.1, 0.15) is 0 Å². The van der Waals surface area contributed by atoms with E-state index in [0.29, 0.717) is 10.9 Å². The molecule has 0 aliphatic rings. The molecular formula is C9H6FNO2.